The lowest BCUT2D eigenvalue weighted by Gasteiger charge is -2.26. The molecule has 0 saturated heterocycles. The molecule has 1 heterocycles. The van der Waals surface area contributed by atoms with Gasteiger partial charge >= 0.3 is 0 Å². The molecule has 0 radical (unpaired) electrons. The van der Waals surface area contributed by atoms with Crippen molar-refractivity contribution in [2.45, 2.75) is 19.0 Å². The average molecular weight is 532 g/mol. The number of para-hydroxylation sites is 2. The van der Waals surface area contributed by atoms with Crippen molar-refractivity contribution >= 4 is 23.2 Å². The minimum atomic E-state index is -0.493. The highest BCUT2D eigenvalue weighted by molar-refractivity contribution is 6.32. The third-order valence-electron chi connectivity index (χ3n) is 5.57. The highest BCUT2D eigenvalue weighted by Gasteiger charge is 2.26. The molecule has 1 N–H and O–H groups in total. The predicted molar refractivity (Wildman–Crippen MR) is 142 cm³/mol. The van der Waals surface area contributed by atoms with Crippen molar-refractivity contribution in [3.05, 3.63) is 89.7 Å². The standard InChI is InChI=1S/C27H26ClN7O3/c1-34(18-26(36)30-20-12-14-22(15-13-20)38-21-8-3-2-4-9-21)24(19-37-25-11-6-5-10-23(25)28)27-31-32-33-35(27)17-7-16-29/h2-6,8-15,24H,7,17-19H2,1H3,(H,30,36). The predicted octanol–water partition coefficient (Wildman–Crippen LogP) is 4.72. The maximum atomic E-state index is 12.9. The van der Waals surface area contributed by atoms with Crippen LogP contribution in [0.3, 0.4) is 0 Å². The van der Waals surface area contributed by atoms with Crippen molar-refractivity contribution in [2.24, 2.45) is 0 Å². The largest absolute Gasteiger partial charge is 0.490 e. The van der Waals surface area contributed by atoms with Crippen LogP contribution in [0.4, 0.5) is 5.69 Å². The number of hydrogen-bond acceptors (Lipinski definition) is 8. The van der Waals surface area contributed by atoms with E-state index in [0.29, 0.717) is 34.6 Å². The lowest BCUT2D eigenvalue weighted by molar-refractivity contribution is -0.117. The first-order valence-electron chi connectivity index (χ1n) is 11.9. The van der Waals surface area contributed by atoms with E-state index in [4.69, 9.17) is 26.3 Å². The van der Waals surface area contributed by atoms with E-state index in [-0.39, 0.29) is 25.5 Å². The number of nitriles is 1. The topological polar surface area (TPSA) is 118 Å². The number of benzene rings is 3. The zero-order chi connectivity index (χ0) is 26.7. The van der Waals surface area contributed by atoms with Crippen molar-refractivity contribution in [3.8, 4) is 23.3 Å². The summed E-state index contributed by atoms with van der Waals surface area (Å²) < 4.78 is 13.3. The van der Waals surface area contributed by atoms with Crippen molar-refractivity contribution in [3.63, 3.8) is 0 Å². The van der Waals surface area contributed by atoms with E-state index < -0.39 is 6.04 Å². The van der Waals surface area contributed by atoms with Crippen LogP contribution < -0.4 is 14.8 Å². The zero-order valence-electron chi connectivity index (χ0n) is 20.7. The number of tetrazole rings is 1. The van der Waals surface area contributed by atoms with Crippen molar-refractivity contribution in [1.29, 1.82) is 5.26 Å². The van der Waals surface area contributed by atoms with Crippen LogP contribution in [0.15, 0.2) is 78.9 Å². The molecule has 0 aliphatic carbocycles. The van der Waals surface area contributed by atoms with Gasteiger partial charge in [-0.05, 0) is 66.0 Å². The van der Waals surface area contributed by atoms with Crippen LogP contribution in [-0.2, 0) is 11.3 Å². The van der Waals surface area contributed by atoms with Crippen LogP contribution in [0.1, 0.15) is 18.3 Å². The first-order chi connectivity index (χ1) is 18.5. The minimum absolute atomic E-state index is 0.0317. The SMILES string of the molecule is CN(CC(=O)Nc1ccc(Oc2ccccc2)cc1)C(COc1ccccc1Cl)c1nnnn1CCC#N. The fraction of sp³-hybridized carbons (Fsp3) is 0.222. The second-order valence-corrected chi connectivity index (χ2v) is 8.74. The fourth-order valence-electron chi connectivity index (χ4n) is 3.66. The van der Waals surface area contributed by atoms with E-state index in [1.165, 1.54) is 0 Å². The number of nitrogens with one attached hydrogen (secondary N) is 1. The molecule has 11 heteroatoms. The van der Waals surface area contributed by atoms with Gasteiger partial charge in [0.1, 0.15) is 29.9 Å². The van der Waals surface area contributed by atoms with Gasteiger partial charge in [0.25, 0.3) is 0 Å². The number of rotatable bonds is 12. The zero-order valence-corrected chi connectivity index (χ0v) is 21.5. The first-order valence-corrected chi connectivity index (χ1v) is 12.2. The van der Waals surface area contributed by atoms with Crippen molar-refractivity contribution in [2.75, 3.05) is 25.5 Å². The van der Waals surface area contributed by atoms with Crippen LogP contribution in [0, 0.1) is 11.3 Å². The van der Waals surface area contributed by atoms with Gasteiger partial charge in [0.05, 0.1) is 30.6 Å². The molecule has 1 amide bonds. The van der Waals surface area contributed by atoms with Gasteiger partial charge in [-0.15, -0.1) is 5.10 Å². The number of carbonyl (C=O) groups excluding carboxylic acids is 1. The molecule has 4 rings (SSSR count). The minimum Gasteiger partial charge on any atom is -0.490 e. The maximum absolute atomic E-state index is 12.9. The summed E-state index contributed by atoms with van der Waals surface area (Å²) in [6.45, 7) is 0.481. The summed E-state index contributed by atoms with van der Waals surface area (Å²) in [5.41, 5.74) is 0.631. The maximum Gasteiger partial charge on any atom is 0.238 e. The molecule has 0 bridgehead atoms. The molecule has 1 unspecified atom stereocenters. The monoisotopic (exact) mass is 531 g/mol. The molecule has 38 heavy (non-hydrogen) atoms. The number of amides is 1. The summed E-state index contributed by atoms with van der Waals surface area (Å²) >= 11 is 6.25. The van der Waals surface area contributed by atoms with Crippen LogP contribution in [0.2, 0.25) is 5.02 Å². The van der Waals surface area contributed by atoms with E-state index in [1.54, 1.807) is 53.0 Å². The number of aromatic nitrogens is 4. The Morgan fingerprint density at radius 1 is 1.08 bits per heavy atom. The summed E-state index contributed by atoms with van der Waals surface area (Å²) in [5, 5.41) is 24.3. The lowest BCUT2D eigenvalue weighted by atomic mass is 10.2. The molecule has 0 fully saturated rings. The second kappa shape index (κ2) is 13.2. The smallest absolute Gasteiger partial charge is 0.238 e. The fourth-order valence-corrected chi connectivity index (χ4v) is 3.85. The van der Waals surface area contributed by atoms with Gasteiger partial charge in [-0.25, -0.2) is 4.68 Å². The Morgan fingerprint density at radius 2 is 1.79 bits per heavy atom. The molecular weight excluding hydrogens is 506 g/mol. The molecule has 1 atom stereocenters. The lowest BCUT2D eigenvalue weighted by Crippen LogP contribution is -2.37. The molecule has 0 aliphatic rings. The Labute approximate surface area is 225 Å². The second-order valence-electron chi connectivity index (χ2n) is 8.33. The first kappa shape index (κ1) is 26.6. The molecule has 10 nitrogen and oxygen atoms in total. The number of carbonyl (C=O) groups is 1. The molecule has 4 aromatic rings. The number of likely N-dealkylation sites (N-methyl/N-ethyl adjacent to an activating group) is 1. The van der Waals surface area contributed by atoms with E-state index in [2.05, 4.69) is 26.9 Å². The van der Waals surface area contributed by atoms with Crippen molar-refractivity contribution in [1.82, 2.24) is 25.1 Å². The number of hydrogen-bond donors (Lipinski definition) is 1. The Hall–Kier alpha value is -4.46. The van der Waals surface area contributed by atoms with E-state index >= 15 is 0 Å². The third-order valence-corrected chi connectivity index (χ3v) is 5.88. The van der Waals surface area contributed by atoms with Gasteiger partial charge in [0.15, 0.2) is 5.82 Å². The van der Waals surface area contributed by atoms with Crippen molar-refractivity contribution < 1.29 is 14.3 Å². The number of nitrogens with zero attached hydrogens (tertiary/aromatic N) is 6. The summed E-state index contributed by atoms with van der Waals surface area (Å²) in [7, 11) is 1.78. The molecule has 0 saturated carbocycles. The highest BCUT2D eigenvalue weighted by Crippen LogP contribution is 2.26. The Balaban J connectivity index is 1.42. The quantitative estimate of drug-likeness (QED) is 0.279. The van der Waals surface area contributed by atoms with Crippen LogP contribution in [-0.4, -0.2) is 51.2 Å². The molecule has 0 spiro atoms. The van der Waals surface area contributed by atoms with Gasteiger partial charge in [0, 0.05) is 5.69 Å². The number of aryl methyl sites for hydroxylation is 1. The Bertz CT molecular complexity index is 1370. The highest BCUT2D eigenvalue weighted by atomic mass is 35.5. The van der Waals surface area contributed by atoms with Crippen LogP contribution in [0.25, 0.3) is 0 Å². The van der Waals surface area contributed by atoms with E-state index in [1.807, 2.05) is 42.5 Å². The summed E-state index contributed by atoms with van der Waals surface area (Å²) in [5.74, 6) is 2.14. The molecule has 194 valence electrons. The summed E-state index contributed by atoms with van der Waals surface area (Å²) in [4.78, 5) is 14.7. The number of anilines is 1. The number of halogens is 1. The molecular formula is C27H26ClN7O3. The Morgan fingerprint density at radius 3 is 2.53 bits per heavy atom. The molecule has 3 aromatic carbocycles. The van der Waals surface area contributed by atoms with Gasteiger partial charge in [-0.3, -0.25) is 9.69 Å². The summed E-state index contributed by atoms with van der Waals surface area (Å²) in [6.07, 6.45) is 0.240. The van der Waals surface area contributed by atoms with Crippen LogP contribution in [0.5, 0.6) is 17.2 Å². The number of ether oxygens (including phenoxy) is 2. The van der Waals surface area contributed by atoms with E-state index in [9.17, 15) is 4.79 Å². The van der Waals surface area contributed by atoms with E-state index in [0.717, 1.165) is 5.75 Å². The third kappa shape index (κ3) is 7.29. The van der Waals surface area contributed by atoms with Gasteiger partial charge in [-0.2, -0.15) is 5.26 Å². The van der Waals surface area contributed by atoms with Crippen LogP contribution >= 0.6 is 11.6 Å². The molecule has 1 aromatic heterocycles. The average Bonchev–Trinajstić information content (AvgIpc) is 3.38. The summed E-state index contributed by atoms with van der Waals surface area (Å²) in [6, 6.07) is 25.3. The van der Waals surface area contributed by atoms with Gasteiger partial charge in [0.2, 0.25) is 5.91 Å². The van der Waals surface area contributed by atoms with Gasteiger partial charge in [-0.1, -0.05) is 41.9 Å². The normalized spacial score (nSPS) is 11.5. The Kier molecular flexibility index (Phi) is 9.23. The van der Waals surface area contributed by atoms with Gasteiger partial charge < -0.3 is 14.8 Å². The molecule has 0 aliphatic heterocycles.